The molecule has 0 spiro atoms. The second-order valence-electron chi connectivity index (χ2n) is 5.14. The average Bonchev–Trinajstić information content (AvgIpc) is 2.84. The van der Waals surface area contributed by atoms with E-state index < -0.39 is 0 Å². The van der Waals surface area contributed by atoms with E-state index in [2.05, 4.69) is 46.5 Å². The second-order valence-corrected chi connectivity index (χ2v) is 6.27. The van der Waals surface area contributed by atoms with Crippen molar-refractivity contribution in [3.63, 3.8) is 0 Å². The topological polar surface area (TPSA) is 83.8 Å². The van der Waals surface area contributed by atoms with Gasteiger partial charge in [-0.1, -0.05) is 18.2 Å². The highest BCUT2D eigenvalue weighted by Crippen LogP contribution is 2.30. The molecule has 0 bridgehead atoms. The number of benzene rings is 1. The molecule has 22 heavy (non-hydrogen) atoms. The first-order valence-corrected chi connectivity index (χ1v) is 7.96. The standard InChI is InChI=1S/C16H18N4OS/c1-10-12-4-2-3-5-13(12)22-14(10)8-18-9-15-19-11(7-17)6-16(21)20-15/h2-6,18H,7-9,17H2,1H3,(H,19,20,21). The van der Waals surface area contributed by atoms with Gasteiger partial charge in [-0.25, -0.2) is 4.98 Å². The zero-order chi connectivity index (χ0) is 15.5. The smallest absolute Gasteiger partial charge is 0.251 e. The van der Waals surface area contributed by atoms with Crippen molar-refractivity contribution in [1.82, 2.24) is 15.3 Å². The van der Waals surface area contributed by atoms with E-state index in [0.29, 0.717) is 18.1 Å². The predicted molar refractivity (Wildman–Crippen MR) is 89.9 cm³/mol. The third-order valence-corrected chi connectivity index (χ3v) is 4.85. The molecule has 114 valence electrons. The summed E-state index contributed by atoms with van der Waals surface area (Å²) in [6.45, 7) is 3.68. The lowest BCUT2D eigenvalue weighted by Gasteiger charge is -2.05. The highest BCUT2D eigenvalue weighted by molar-refractivity contribution is 7.19. The summed E-state index contributed by atoms with van der Waals surface area (Å²) in [5, 5.41) is 4.64. The molecular formula is C16H18N4OS. The van der Waals surface area contributed by atoms with Crippen LogP contribution in [-0.2, 0) is 19.6 Å². The Labute approximate surface area is 132 Å². The maximum atomic E-state index is 11.5. The van der Waals surface area contributed by atoms with Crippen molar-refractivity contribution in [2.24, 2.45) is 5.73 Å². The van der Waals surface area contributed by atoms with Crippen LogP contribution in [0, 0.1) is 6.92 Å². The number of aromatic nitrogens is 2. The fourth-order valence-corrected chi connectivity index (χ4v) is 3.62. The Hall–Kier alpha value is -2.02. The number of nitrogens with one attached hydrogen (secondary N) is 2. The van der Waals surface area contributed by atoms with Crippen LogP contribution in [0.5, 0.6) is 0 Å². The number of H-pyrrole nitrogens is 1. The van der Waals surface area contributed by atoms with Crippen molar-refractivity contribution < 1.29 is 0 Å². The molecule has 3 aromatic rings. The van der Waals surface area contributed by atoms with Crippen LogP contribution in [0.15, 0.2) is 35.1 Å². The molecule has 0 saturated carbocycles. The zero-order valence-electron chi connectivity index (χ0n) is 12.3. The Balaban J connectivity index is 1.71. The molecule has 0 atom stereocenters. The molecule has 2 heterocycles. The molecule has 5 nitrogen and oxygen atoms in total. The highest BCUT2D eigenvalue weighted by Gasteiger charge is 2.07. The van der Waals surface area contributed by atoms with Gasteiger partial charge >= 0.3 is 0 Å². The number of hydrogen-bond acceptors (Lipinski definition) is 5. The van der Waals surface area contributed by atoms with Gasteiger partial charge in [-0.05, 0) is 23.9 Å². The van der Waals surface area contributed by atoms with Gasteiger partial charge in [0.2, 0.25) is 0 Å². The first-order chi connectivity index (χ1) is 10.7. The lowest BCUT2D eigenvalue weighted by atomic mass is 10.1. The molecule has 0 radical (unpaired) electrons. The largest absolute Gasteiger partial charge is 0.325 e. The Bertz CT molecular complexity index is 853. The minimum atomic E-state index is -0.162. The number of thiophene rings is 1. The van der Waals surface area contributed by atoms with Gasteiger partial charge in [-0.2, -0.15) is 0 Å². The summed E-state index contributed by atoms with van der Waals surface area (Å²) in [6, 6.07) is 9.84. The lowest BCUT2D eigenvalue weighted by molar-refractivity contribution is 0.659. The minimum Gasteiger partial charge on any atom is -0.325 e. The van der Waals surface area contributed by atoms with Crippen LogP contribution in [0.1, 0.15) is 22.0 Å². The van der Waals surface area contributed by atoms with Gasteiger partial charge in [-0.3, -0.25) is 4.79 Å². The van der Waals surface area contributed by atoms with E-state index in [9.17, 15) is 4.79 Å². The SMILES string of the molecule is Cc1c(CNCc2nc(CN)cc(=O)[nH]2)sc2ccccc12. The van der Waals surface area contributed by atoms with Crippen molar-refractivity contribution in [3.8, 4) is 0 Å². The van der Waals surface area contributed by atoms with Crippen molar-refractivity contribution in [2.45, 2.75) is 26.6 Å². The van der Waals surface area contributed by atoms with Crippen LogP contribution in [0.25, 0.3) is 10.1 Å². The molecule has 4 N–H and O–H groups in total. The number of aryl methyl sites for hydroxylation is 1. The molecule has 0 aliphatic heterocycles. The molecule has 0 fully saturated rings. The molecule has 3 rings (SSSR count). The first-order valence-electron chi connectivity index (χ1n) is 7.14. The van der Waals surface area contributed by atoms with E-state index in [1.807, 2.05) is 0 Å². The van der Waals surface area contributed by atoms with Crippen LogP contribution in [0.2, 0.25) is 0 Å². The van der Waals surface area contributed by atoms with Gasteiger partial charge in [0.1, 0.15) is 5.82 Å². The summed E-state index contributed by atoms with van der Waals surface area (Å²) in [5.41, 5.74) is 7.29. The monoisotopic (exact) mass is 314 g/mol. The number of rotatable bonds is 5. The molecule has 0 amide bonds. The second kappa shape index (κ2) is 6.39. The quantitative estimate of drug-likeness (QED) is 0.673. The highest BCUT2D eigenvalue weighted by atomic mass is 32.1. The van der Waals surface area contributed by atoms with E-state index >= 15 is 0 Å². The zero-order valence-corrected chi connectivity index (χ0v) is 13.2. The van der Waals surface area contributed by atoms with E-state index in [1.54, 1.807) is 11.3 Å². The van der Waals surface area contributed by atoms with Crippen LogP contribution < -0.4 is 16.6 Å². The molecule has 0 aliphatic carbocycles. The maximum absolute atomic E-state index is 11.5. The van der Waals surface area contributed by atoms with Crippen LogP contribution >= 0.6 is 11.3 Å². The molecule has 6 heteroatoms. The summed E-state index contributed by atoms with van der Waals surface area (Å²) in [6.07, 6.45) is 0. The number of nitrogens with two attached hydrogens (primary N) is 1. The summed E-state index contributed by atoms with van der Waals surface area (Å²) >= 11 is 1.80. The molecule has 2 aromatic heterocycles. The molecule has 0 saturated heterocycles. The van der Waals surface area contributed by atoms with Gasteiger partial charge in [-0.15, -0.1) is 11.3 Å². The average molecular weight is 314 g/mol. The van der Waals surface area contributed by atoms with E-state index in [4.69, 9.17) is 5.73 Å². The van der Waals surface area contributed by atoms with Crippen LogP contribution in [0.4, 0.5) is 0 Å². The van der Waals surface area contributed by atoms with Gasteiger partial charge in [0, 0.05) is 28.7 Å². The summed E-state index contributed by atoms with van der Waals surface area (Å²) < 4.78 is 1.30. The first kappa shape index (κ1) is 14.9. The van der Waals surface area contributed by atoms with Gasteiger partial charge in [0.05, 0.1) is 12.2 Å². The Morgan fingerprint density at radius 2 is 2.14 bits per heavy atom. The maximum Gasteiger partial charge on any atom is 0.251 e. The van der Waals surface area contributed by atoms with Crippen LogP contribution in [0.3, 0.4) is 0 Å². The van der Waals surface area contributed by atoms with E-state index in [-0.39, 0.29) is 12.1 Å². The van der Waals surface area contributed by atoms with Crippen molar-refractivity contribution in [2.75, 3.05) is 0 Å². The summed E-state index contributed by atoms with van der Waals surface area (Å²) in [5.74, 6) is 0.617. The van der Waals surface area contributed by atoms with Crippen molar-refractivity contribution in [3.05, 3.63) is 62.6 Å². The Morgan fingerprint density at radius 3 is 2.91 bits per heavy atom. The van der Waals surface area contributed by atoms with Gasteiger partial charge in [0.15, 0.2) is 0 Å². The number of aromatic amines is 1. The number of fused-ring (bicyclic) bond motifs is 1. The van der Waals surface area contributed by atoms with E-state index in [1.165, 1.54) is 26.6 Å². The Morgan fingerprint density at radius 1 is 1.32 bits per heavy atom. The lowest BCUT2D eigenvalue weighted by Crippen LogP contribution is -2.20. The third kappa shape index (κ3) is 3.09. The van der Waals surface area contributed by atoms with Crippen molar-refractivity contribution in [1.29, 1.82) is 0 Å². The summed E-state index contributed by atoms with van der Waals surface area (Å²) in [4.78, 5) is 19.8. The Kier molecular flexibility index (Phi) is 4.33. The molecular weight excluding hydrogens is 296 g/mol. The third-order valence-electron chi connectivity index (χ3n) is 3.57. The van der Waals surface area contributed by atoms with Crippen molar-refractivity contribution >= 4 is 21.4 Å². The normalized spacial score (nSPS) is 11.2. The molecule has 1 aromatic carbocycles. The minimum absolute atomic E-state index is 0.162. The van der Waals surface area contributed by atoms with Gasteiger partial charge in [0.25, 0.3) is 5.56 Å². The summed E-state index contributed by atoms with van der Waals surface area (Å²) in [7, 11) is 0. The van der Waals surface area contributed by atoms with Gasteiger partial charge < -0.3 is 16.0 Å². The number of nitrogens with zero attached hydrogens (tertiary/aromatic N) is 1. The predicted octanol–water partition coefficient (Wildman–Crippen LogP) is 2.04. The molecule has 0 unspecified atom stereocenters. The van der Waals surface area contributed by atoms with Crippen LogP contribution in [-0.4, -0.2) is 9.97 Å². The number of hydrogen-bond donors (Lipinski definition) is 3. The van der Waals surface area contributed by atoms with E-state index in [0.717, 1.165) is 6.54 Å². The molecule has 0 aliphatic rings. The fourth-order valence-electron chi connectivity index (χ4n) is 2.44. The fraction of sp³-hybridized carbons (Fsp3) is 0.250.